The van der Waals surface area contributed by atoms with E-state index >= 15 is 0 Å². The SMILES string of the molecule is COC(C)C(C)Nc1cnc(Br)c(C)c1. The number of hydrogen-bond donors (Lipinski definition) is 1. The van der Waals surface area contributed by atoms with Crippen molar-refractivity contribution >= 4 is 21.6 Å². The van der Waals surface area contributed by atoms with Gasteiger partial charge in [-0.3, -0.25) is 0 Å². The Morgan fingerprint density at radius 2 is 2.13 bits per heavy atom. The normalized spacial score (nSPS) is 14.7. The highest BCUT2D eigenvalue weighted by Gasteiger charge is 2.10. The highest BCUT2D eigenvalue weighted by molar-refractivity contribution is 9.10. The first-order valence-corrected chi connectivity index (χ1v) is 5.75. The Hall–Kier alpha value is -0.610. The highest BCUT2D eigenvalue weighted by atomic mass is 79.9. The molecule has 0 amide bonds. The lowest BCUT2D eigenvalue weighted by atomic mass is 10.2. The number of aryl methyl sites for hydroxylation is 1. The predicted molar refractivity (Wildman–Crippen MR) is 66.2 cm³/mol. The monoisotopic (exact) mass is 272 g/mol. The zero-order valence-corrected chi connectivity index (χ0v) is 11.1. The van der Waals surface area contributed by atoms with Crippen molar-refractivity contribution in [1.82, 2.24) is 4.98 Å². The number of aromatic nitrogens is 1. The summed E-state index contributed by atoms with van der Waals surface area (Å²) in [5.74, 6) is 0. The molecular formula is C11H17BrN2O. The van der Waals surface area contributed by atoms with Gasteiger partial charge in [-0.15, -0.1) is 0 Å². The lowest BCUT2D eigenvalue weighted by Gasteiger charge is -2.21. The second-order valence-electron chi connectivity index (χ2n) is 3.71. The topological polar surface area (TPSA) is 34.1 Å². The third-order valence-electron chi connectivity index (χ3n) is 2.48. The van der Waals surface area contributed by atoms with Crippen molar-refractivity contribution in [3.05, 3.63) is 22.4 Å². The highest BCUT2D eigenvalue weighted by Crippen LogP contribution is 2.17. The van der Waals surface area contributed by atoms with Crippen LogP contribution in [0.3, 0.4) is 0 Å². The van der Waals surface area contributed by atoms with E-state index < -0.39 is 0 Å². The molecule has 0 radical (unpaired) electrons. The van der Waals surface area contributed by atoms with Gasteiger partial charge in [-0.1, -0.05) is 0 Å². The Balaban J connectivity index is 2.68. The van der Waals surface area contributed by atoms with Crippen LogP contribution in [0.5, 0.6) is 0 Å². The molecule has 0 spiro atoms. The molecule has 0 aliphatic heterocycles. The molecule has 1 aromatic heterocycles. The maximum Gasteiger partial charge on any atom is 0.109 e. The molecule has 0 bridgehead atoms. The van der Waals surface area contributed by atoms with E-state index in [-0.39, 0.29) is 12.1 Å². The third kappa shape index (κ3) is 3.47. The van der Waals surface area contributed by atoms with E-state index in [1.54, 1.807) is 7.11 Å². The lowest BCUT2D eigenvalue weighted by Crippen LogP contribution is -2.29. The first-order valence-electron chi connectivity index (χ1n) is 4.96. The summed E-state index contributed by atoms with van der Waals surface area (Å²) < 4.78 is 6.14. The van der Waals surface area contributed by atoms with E-state index in [9.17, 15) is 0 Å². The van der Waals surface area contributed by atoms with E-state index in [0.717, 1.165) is 15.9 Å². The zero-order valence-electron chi connectivity index (χ0n) is 9.54. The molecular weight excluding hydrogens is 256 g/mol. The number of anilines is 1. The van der Waals surface area contributed by atoms with E-state index in [1.807, 2.05) is 20.0 Å². The molecule has 1 rings (SSSR count). The fourth-order valence-corrected chi connectivity index (χ4v) is 1.44. The van der Waals surface area contributed by atoms with Crippen molar-refractivity contribution in [2.45, 2.75) is 32.9 Å². The quantitative estimate of drug-likeness (QED) is 0.856. The maximum absolute atomic E-state index is 5.25. The smallest absolute Gasteiger partial charge is 0.109 e. The van der Waals surface area contributed by atoms with Crippen molar-refractivity contribution in [3.8, 4) is 0 Å². The summed E-state index contributed by atoms with van der Waals surface area (Å²) in [6, 6.07) is 2.33. The summed E-state index contributed by atoms with van der Waals surface area (Å²) in [5, 5.41) is 3.35. The van der Waals surface area contributed by atoms with Gasteiger partial charge in [0.1, 0.15) is 4.60 Å². The number of halogens is 1. The van der Waals surface area contributed by atoms with Crippen LogP contribution in [0.25, 0.3) is 0 Å². The molecule has 0 fully saturated rings. The second kappa shape index (κ2) is 5.47. The van der Waals surface area contributed by atoms with Crippen LogP contribution in [0.4, 0.5) is 5.69 Å². The number of ether oxygens (including phenoxy) is 1. The van der Waals surface area contributed by atoms with E-state index in [4.69, 9.17) is 4.74 Å². The number of rotatable bonds is 4. The summed E-state index contributed by atoms with van der Waals surface area (Å²) in [6.45, 7) is 6.15. The van der Waals surface area contributed by atoms with Crippen LogP contribution in [-0.4, -0.2) is 24.2 Å². The fraction of sp³-hybridized carbons (Fsp3) is 0.545. The fourth-order valence-electron chi connectivity index (χ4n) is 1.22. The van der Waals surface area contributed by atoms with Gasteiger partial charge in [0.05, 0.1) is 18.0 Å². The molecule has 4 heteroatoms. The molecule has 15 heavy (non-hydrogen) atoms. The first-order chi connectivity index (χ1) is 7.04. The first kappa shape index (κ1) is 12.5. The number of nitrogens with one attached hydrogen (secondary N) is 1. The third-order valence-corrected chi connectivity index (χ3v) is 3.31. The Labute approximate surface area is 99.4 Å². The Morgan fingerprint density at radius 3 is 2.67 bits per heavy atom. The van der Waals surface area contributed by atoms with Crippen LogP contribution < -0.4 is 5.32 Å². The van der Waals surface area contributed by atoms with Crippen molar-refractivity contribution < 1.29 is 4.74 Å². The molecule has 1 heterocycles. The van der Waals surface area contributed by atoms with E-state index in [0.29, 0.717) is 0 Å². The minimum absolute atomic E-state index is 0.175. The molecule has 1 aromatic rings. The zero-order chi connectivity index (χ0) is 11.4. The van der Waals surface area contributed by atoms with Gasteiger partial charge < -0.3 is 10.1 Å². The Bertz CT molecular complexity index is 330. The van der Waals surface area contributed by atoms with Gasteiger partial charge in [-0.2, -0.15) is 0 Å². The van der Waals surface area contributed by atoms with E-state index in [1.165, 1.54) is 0 Å². The van der Waals surface area contributed by atoms with Crippen LogP contribution in [-0.2, 0) is 4.74 Å². The minimum atomic E-state index is 0.175. The molecule has 0 aromatic carbocycles. The summed E-state index contributed by atoms with van der Waals surface area (Å²) in [4.78, 5) is 4.23. The van der Waals surface area contributed by atoms with Crippen LogP contribution >= 0.6 is 15.9 Å². The molecule has 0 aliphatic rings. The molecule has 0 saturated carbocycles. The van der Waals surface area contributed by atoms with Gasteiger partial charge in [0, 0.05) is 13.2 Å². The molecule has 2 atom stereocenters. The van der Waals surface area contributed by atoms with Crippen molar-refractivity contribution in [3.63, 3.8) is 0 Å². The van der Waals surface area contributed by atoms with Crippen molar-refractivity contribution in [2.24, 2.45) is 0 Å². The number of methoxy groups -OCH3 is 1. The van der Waals surface area contributed by atoms with Gasteiger partial charge in [-0.05, 0) is 48.3 Å². The largest absolute Gasteiger partial charge is 0.380 e. The van der Waals surface area contributed by atoms with Crippen LogP contribution in [0.2, 0.25) is 0 Å². The maximum atomic E-state index is 5.25. The van der Waals surface area contributed by atoms with Gasteiger partial charge >= 0.3 is 0 Å². The molecule has 0 saturated heterocycles. The van der Waals surface area contributed by atoms with Gasteiger partial charge in [-0.25, -0.2) is 4.98 Å². The molecule has 84 valence electrons. The molecule has 2 unspecified atom stereocenters. The van der Waals surface area contributed by atoms with Crippen LogP contribution in [0.1, 0.15) is 19.4 Å². The number of pyridine rings is 1. The standard InChI is InChI=1S/C11H17BrN2O/c1-7-5-10(6-13-11(7)12)14-8(2)9(3)15-4/h5-6,8-9,14H,1-4H3. The van der Waals surface area contributed by atoms with Gasteiger partial charge in [0.15, 0.2) is 0 Å². The number of nitrogens with zero attached hydrogens (tertiary/aromatic N) is 1. The summed E-state index contributed by atoms with van der Waals surface area (Å²) in [7, 11) is 1.72. The van der Waals surface area contributed by atoms with E-state index in [2.05, 4.69) is 39.2 Å². The molecule has 3 nitrogen and oxygen atoms in total. The van der Waals surface area contributed by atoms with Gasteiger partial charge in [0.25, 0.3) is 0 Å². The average molecular weight is 273 g/mol. The van der Waals surface area contributed by atoms with Crippen LogP contribution in [0.15, 0.2) is 16.9 Å². The Morgan fingerprint density at radius 1 is 1.47 bits per heavy atom. The Kier molecular flexibility index (Phi) is 4.54. The molecule has 0 aliphatic carbocycles. The second-order valence-corrected chi connectivity index (χ2v) is 4.46. The van der Waals surface area contributed by atoms with Crippen LogP contribution in [0, 0.1) is 6.92 Å². The predicted octanol–water partition coefficient (Wildman–Crippen LogP) is 2.99. The summed E-state index contributed by atoms with van der Waals surface area (Å²) in [5.41, 5.74) is 2.14. The average Bonchev–Trinajstić information content (AvgIpc) is 2.22. The summed E-state index contributed by atoms with van der Waals surface area (Å²) in [6.07, 6.45) is 1.99. The minimum Gasteiger partial charge on any atom is -0.380 e. The lowest BCUT2D eigenvalue weighted by molar-refractivity contribution is 0.106. The number of hydrogen-bond acceptors (Lipinski definition) is 3. The van der Waals surface area contributed by atoms with Crippen molar-refractivity contribution in [2.75, 3.05) is 12.4 Å². The van der Waals surface area contributed by atoms with Gasteiger partial charge in [0.2, 0.25) is 0 Å². The summed E-state index contributed by atoms with van der Waals surface area (Å²) >= 11 is 3.37. The molecule has 1 N–H and O–H groups in total. The van der Waals surface area contributed by atoms with Crippen molar-refractivity contribution in [1.29, 1.82) is 0 Å².